The summed E-state index contributed by atoms with van der Waals surface area (Å²) in [6.07, 6.45) is 5.57. The van der Waals surface area contributed by atoms with E-state index >= 15 is 8.78 Å². The molecule has 0 unspecified atom stereocenters. The Morgan fingerprint density at radius 1 is 1.17 bits per heavy atom. The lowest BCUT2D eigenvalue weighted by molar-refractivity contribution is 0.0331. The number of anilines is 2. The zero-order valence-corrected chi connectivity index (χ0v) is 26.6. The Bertz CT molecular complexity index is 2040. The lowest BCUT2D eigenvalue weighted by Gasteiger charge is -2.52. The van der Waals surface area contributed by atoms with Gasteiger partial charge in [-0.1, -0.05) is 17.7 Å². The van der Waals surface area contributed by atoms with Crippen molar-refractivity contribution >= 4 is 54.7 Å². The third-order valence-corrected chi connectivity index (χ3v) is 12.8. The highest BCUT2D eigenvalue weighted by atomic mass is 35.5. The van der Waals surface area contributed by atoms with Gasteiger partial charge in [0.15, 0.2) is 11.6 Å². The van der Waals surface area contributed by atoms with Gasteiger partial charge in [-0.15, -0.1) is 11.3 Å². The van der Waals surface area contributed by atoms with Crippen molar-refractivity contribution in [3.8, 4) is 29.0 Å². The van der Waals surface area contributed by atoms with E-state index in [1.54, 1.807) is 0 Å². The topological polar surface area (TPSA) is 101 Å². The van der Waals surface area contributed by atoms with E-state index in [1.165, 1.54) is 12.1 Å². The Kier molecular flexibility index (Phi) is 5.93. The van der Waals surface area contributed by atoms with Gasteiger partial charge in [-0.25, -0.2) is 13.2 Å². The van der Waals surface area contributed by atoms with E-state index in [0.29, 0.717) is 24.2 Å². The van der Waals surface area contributed by atoms with Crippen LogP contribution in [-0.4, -0.2) is 64.5 Å². The van der Waals surface area contributed by atoms with Crippen LogP contribution in [0.2, 0.25) is 5.02 Å². The molecule has 0 amide bonds. The lowest BCUT2D eigenvalue weighted by atomic mass is 9.69. The van der Waals surface area contributed by atoms with Crippen molar-refractivity contribution in [2.45, 2.75) is 74.2 Å². The Balaban J connectivity index is 1.28. The molecule has 8 nitrogen and oxygen atoms in total. The number of fused-ring (bicyclic) bond motifs is 3. The van der Waals surface area contributed by atoms with Crippen LogP contribution in [0.3, 0.4) is 0 Å². The van der Waals surface area contributed by atoms with E-state index < -0.39 is 28.9 Å². The summed E-state index contributed by atoms with van der Waals surface area (Å²) >= 11 is 8.08. The summed E-state index contributed by atoms with van der Waals surface area (Å²) in [4.78, 5) is 13.8. The molecule has 13 heteroatoms. The van der Waals surface area contributed by atoms with Crippen molar-refractivity contribution in [1.82, 2.24) is 14.9 Å². The second kappa shape index (κ2) is 9.52. The average Bonchev–Trinajstić information content (AvgIpc) is 3.43. The van der Waals surface area contributed by atoms with Crippen LogP contribution in [0.25, 0.3) is 32.1 Å². The zero-order valence-electron chi connectivity index (χ0n) is 25.1. The standard InChI is InChI=1S/C33H30ClF3N6O2S/c1-42-29-22-25(40-30(41-29)44-15-31-6-3-11-43(31)14-16(35)12-31)24(37)21(17-4-5-19(36)27-20(17)18(13-38)28(39)46-27)23(34)26(22)45-33(9-10-33)32(42)7-2-8-32/h4-5,16H,2-3,6-12,14-15,39H2,1H3/t16-,31+/m1/s1. The molecular weight excluding hydrogens is 637 g/mol. The quantitative estimate of drug-likeness (QED) is 0.245. The number of ether oxygens (including phenoxy) is 2. The van der Waals surface area contributed by atoms with Gasteiger partial charge in [0.25, 0.3) is 0 Å². The molecule has 2 spiro atoms. The molecule has 238 valence electrons. The number of likely N-dealkylation sites (N-methyl/N-ethyl adjacent to an activating group) is 1. The molecule has 3 aliphatic heterocycles. The van der Waals surface area contributed by atoms with Crippen LogP contribution < -0.4 is 20.1 Å². The fourth-order valence-corrected chi connectivity index (χ4v) is 10.1. The highest BCUT2D eigenvalue weighted by Gasteiger charge is 2.68. The van der Waals surface area contributed by atoms with E-state index in [0.717, 1.165) is 62.8 Å². The van der Waals surface area contributed by atoms with E-state index in [2.05, 4.69) is 20.9 Å². The molecule has 5 heterocycles. The average molecular weight is 667 g/mol. The van der Waals surface area contributed by atoms with Gasteiger partial charge in [0, 0.05) is 31.0 Å². The summed E-state index contributed by atoms with van der Waals surface area (Å²) < 4.78 is 60.0. The Morgan fingerprint density at radius 3 is 2.70 bits per heavy atom. The molecule has 2 saturated heterocycles. The molecule has 4 aromatic rings. The Hall–Kier alpha value is -3.53. The number of nitrogens with two attached hydrogens (primary N) is 1. The van der Waals surface area contributed by atoms with Gasteiger partial charge >= 0.3 is 6.01 Å². The number of nitriles is 1. The summed E-state index contributed by atoms with van der Waals surface area (Å²) in [5, 5.41) is 10.6. The number of hydrogen-bond donors (Lipinski definition) is 1. The number of aromatic nitrogens is 2. The number of nitrogen functional groups attached to an aromatic ring is 1. The molecule has 0 radical (unpaired) electrons. The third-order valence-electron chi connectivity index (χ3n) is 11.4. The molecule has 5 aliphatic rings. The SMILES string of the molecule is CN1c2nc(OC[C@@]34CCCN3C[C@H](F)C4)nc3c(F)c(-c4ccc(F)c5sc(N)c(C#N)c45)c(Cl)c(c23)OC2(CC2)C12CCC2. The van der Waals surface area contributed by atoms with Crippen molar-refractivity contribution in [3.05, 3.63) is 34.4 Å². The molecule has 0 bridgehead atoms. The smallest absolute Gasteiger partial charge is 0.319 e. The van der Waals surface area contributed by atoms with Crippen molar-refractivity contribution in [2.75, 3.05) is 37.4 Å². The van der Waals surface area contributed by atoms with E-state index in [4.69, 9.17) is 31.8 Å². The van der Waals surface area contributed by atoms with Gasteiger partial charge in [0.05, 0.1) is 31.8 Å². The predicted molar refractivity (Wildman–Crippen MR) is 171 cm³/mol. The summed E-state index contributed by atoms with van der Waals surface area (Å²) in [6.45, 7) is 1.37. The first-order valence-corrected chi connectivity index (χ1v) is 16.9. The monoisotopic (exact) mass is 666 g/mol. The second-order valence-corrected chi connectivity index (χ2v) is 15.0. The summed E-state index contributed by atoms with van der Waals surface area (Å²) in [5.41, 5.74) is 4.93. The molecule has 9 rings (SSSR count). The summed E-state index contributed by atoms with van der Waals surface area (Å²) in [7, 11) is 1.96. The summed E-state index contributed by atoms with van der Waals surface area (Å²) in [6, 6.07) is 4.68. The molecule has 2 atom stereocenters. The summed E-state index contributed by atoms with van der Waals surface area (Å²) in [5.74, 6) is -0.616. The van der Waals surface area contributed by atoms with E-state index in [-0.39, 0.29) is 66.2 Å². The number of benzene rings is 2. The molecule has 2 aliphatic carbocycles. The third kappa shape index (κ3) is 3.59. The minimum absolute atomic E-state index is 0.00145. The van der Waals surface area contributed by atoms with Crippen molar-refractivity contribution in [1.29, 1.82) is 5.26 Å². The lowest BCUT2D eigenvalue weighted by Crippen LogP contribution is -2.63. The predicted octanol–water partition coefficient (Wildman–Crippen LogP) is 7.14. The Labute approximate surface area is 271 Å². The number of thiophene rings is 1. The van der Waals surface area contributed by atoms with Gasteiger partial charge in [-0.2, -0.15) is 15.2 Å². The maximum Gasteiger partial charge on any atom is 0.319 e. The number of rotatable bonds is 4. The van der Waals surface area contributed by atoms with Crippen LogP contribution in [0.4, 0.5) is 24.0 Å². The molecule has 4 fully saturated rings. The number of halogens is 4. The molecule has 2 aromatic carbocycles. The van der Waals surface area contributed by atoms with Crippen LogP contribution in [0.1, 0.15) is 56.9 Å². The van der Waals surface area contributed by atoms with Gasteiger partial charge in [-0.05, 0) is 63.1 Å². The fraction of sp³-hybridized carbons (Fsp3) is 0.485. The van der Waals surface area contributed by atoms with E-state index in [9.17, 15) is 9.65 Å². The molecular formula is C33H30ClF3N6O2S. The number of nitrogens with zero attached hydrogens (tertiary/aromatic N) is 5. The van der Waals surface area contributed by atoms with Crippen molar-refractivity contribution < 1.29 is 22.6 Å². The molecule has 2 aromatic heterocycles. The van der Waals surface area contributed by atoms with Crippen molar-refractivity contribution in [3.63, 3.8) is 0 Å². The second-order valence-electron chi connectivity index (χ2n) is 13.5. The minimum Gasteiger partial charge on any atom is -0.482 e. The van der Waals surface area contributed by atoms with Crippen LogP contribution in [0, 0.1) is 23.0 Å². The normalized spacial score (nSPS) is 25.5. The first-order chi connectivity index (χ1) is 22.1. The van der Waals surface area contributed by atoms with Crippen molar-refractivity contribution in [2.24, 2.45) is 0 Å². The van der Waals surface area contributed by atoms with Gasteiger partial charge in [0.2, 0.25) is 0 Å². The molecule has 2 saturated carbocycles. The Morgan fingerprint density at radius 2 is 1.98 bits per heavy atom. The van der Waals surface area contributed by atoms with E-state index in [1.807, 2.05) is 7.05 Å². The number of hydrogen-bond acceptors (Lipinski definition) is 9. The van der Waals surface area contributed by atoms with Gasteiger partial charge < -0.3 is 20.1 Å². The zero-order chi connectivity index (χ0) is 31.7. The van der Waals surface area contributed by atoms with Gasteiger partial charge in [-0.3, -0.25) is 4.90 Å². The van der Waals surface area contributed by atoms with Crippen LogP contribution in [0.5, 0.6) is 11.8 Å². The molecule has 46 heavy (non-hydrogen) atoms. The maximum absolute atomic E-state index is 17.2. The van der Waals surface area contributed by atoms with Crippen LogP contribution in [0.15, 0.2) is 12.1 Å². The highest BCUT2D eigenvalue weighted by molar-refractivity contribution is 7.23. The fourth-order valence-electron chi connectivity index (χ4n) is 8.81. The minimum atomic E-state index is -0.927. The van der Waals surface area contributed by atoms with Crippen LogP contribution in [-0.2, 0) is 0 Å². The number of alkyl halides is 1. The first kappa shape index (κ1) is 28.7. The van der Waals surface area contributed by atoms with Crippen LogP contribution >= 0.6 is 22.9 Å². The first-order valence-electron chi connectivity index (χ1n) is 15.7. The highest BCUT2D eigenvalue weighted by Crippen LogP contribution is 2.64. The molecule has 2 N–H and O–H groups in total. The maximum atomic E-state index is 17.2. The van der Waals surface area contributed by atoms with Gasteiger partial charge in [0.1, 0.15) is 46.6 Å². The largest absolute Gasteiger partial charge is 0.482 e.